The number of nitrogens with zero attached hydrogens (tertiary/aromatic N) is 5. The summed E-state index contributed by atoms with van der Waals surface area (Å²) >= 11 is 1.29. The van der Waals surface area contributed by atoms with Crippen LogP contribution in [-0.4, -0.2) is 42.5 Å². The molecule has 0 aliphatic carbocycles. The number of rotatable bonds is 7. The standard InChI is InChI=1S/C26H20N6O5S/c1-2-22(25(33)27-16-9-12-20-21(13-16)37-14-36-20)38-26-28-19-6-4-3-5-18(19)24-29-23(30-31(24)26)15-7-10-17(11-8-15)32(34)35/h3-13,22H,2,14H2,1H3,(H,27,33). The van der Waals surface area contributed by atoms with Crippen LogP contribution < -0.4 is 14.8 Å². The van der Waals surface area contributed by atoms with Crippen molar-refractivity contribution in [2.24, 2.45) is 0 Å². The molecule has 2 aromatic heterocycles. The first kappa shape index (κ1) is 23.7. The highest BCUT2D eigenvalue weighted by Gasteiger charge is 2.24. The van der Waals surface area contributed by atoms with E-state index in [1.165, 1.54) is 23.9 Å². The van der Waals surface area contributed by atoms with Crippen LogP contribution in [0.25, 0.3) is 27.9 Å². The monoisotopic (exact) mass is 528 g/mol. The van der Waals surface area contributed by atoms with Crippen molar-refractivity contribution in [2.45, 2.75) is 23.8 Å². The molecule has 3 aromatic carbocycles. The van der Waals surface area contributed by atoms with Crippen LogP contribution in [-0.2, 0) is 4.79 Å². The number of ether oxygens (including phenoxy) is 2. The highest BCUT2D eigenvalue weighted by molar-refractivity contribution is 8.00. The Balaban J connectivity index is 1.34. The Kier molecular flexibility index (Phi) is 6.00. The van der Waals surface area contributed by atoms with Gasteiger partial charge in [0, 0.05) is 34.8 Å². The molecule has 3 heterocycles. The molecule has 1 atom stereocenters. The zero-order chi connectivity index (χ0) is 26.2. The summed E-state index contributed by atoms with van der Waals surface area (Å²) in [5.74, 6) is 1.44. The average molecular weight is 529 g/mol. The third-order valence-corrected chi connectivity index (χ3v) is 7.34. The fourth-order valence-corrected chi connectivity index (χ4v) is 5.07. The average Bonchev–Trinajstić information content (AvgIpc) is 3.59. The number of anilines is 1. The van der Waals surface area contributed by atoms with Crippen LogP contribution in [0.15, 0.2) is 71.9 Å². The minimum Gasteiger partial charge on any atom is -0.454 e. The van der Waals surface area contributed by atoms with Gasteiger partial charge in [0.1, 0.15) is 0 Å². The van der Waals surface area contributed by atoms with Crippen LogP contribution in [0.1, 0.15) is 13.3 Å². The molecular weight excluding hydrogens is 508 g/mol. The summed E-state index contributed by atoms with van der Waals surface area (Å²) in [5.41, 5.74) is 2.52. The highest BCUT2D eigenvalue weighted by Crippen LogP contribution is 2.35. The van der Waals surface area contributed by atoms with Gasteiger partial charge < -0.3 is 14.8 Å². The van der Waals surface area contributed by atoms with Gasteiger partial charge >= 0.3 is 0 Å². The number of para-hydroxylation sites is 1. The predicted molar refractivity (Wildman–Crippen MR) is 142 cm³/mol. The van der Waals surface area contributed by atoms with Crippen molar-refractivity contribution < 1.29 is 19.2 Å². The summed E-state index contributed by atoms with van der Waals surface area (Å²) in [5, 5.41) is 19.5. The van der Waals surface area contributed by atoms with Gasteiger partial charge in [0.25, 0.3) is 5.69 Å². The van der Waals surface area contributed by atoms with E-state index in [0.717, 1.165) is 10.9 Å². The van der Waals surface area contributed by atoms with Crippen LogP contribution in [0.3, 0.4) is 0 Å². The molecular formula is C26H20N6O5S. The number of non-ortho nitro benzene ring substituents is 1. The lowest BCUT2D eigenvalue weighted by Crippen LogP contribution is -2.25. The number of aromatic nitrogens is 4. The maximum absolute atomic E-state index is 13.2. The van der Waals surface area contributed by atoms with Crippen molar-refractivity contribution in [3.05, 3.63) is 76.8 Å². The summed E-state index contributed by atoms with van der Waals surface area (Å²) in [6.07, 6.45) is 0.543. The van der Waals surface area contributed by atoms with E-state index in [-0.39, 0.29) is 18.4 Å². The number of nitro benzene ring substituents is 1. The number of fused-ring (bicyclic) bond motifs is 4. The van der Waals surface area contributed by atoms with E-state index < -0.39 is 10.2 Å². The van der Waals surface area contributed by atoms with Gasteiger partial charge in [-0.2, -0.15) is 4.52 Å². The minimum atomic E-state index is -0.468. The Labute approximate surface area is 220 Å². The van der Waals surface area contributed by atoms with Gasteiger partial charge in [0.05, 0.1) is 15.7 Å². The van der Waals surface area contributed by atoms with Gasteiger partial charge in [-0.1, -0.05) is 30.8 Å². The van der Waals surface area contributed by atoms with Crippen LogP contribution in [0.2, 0.25) is 0 Å². The largest absolute Gasteiger partial charge is 0.454 e. The van der Waals surface area contributed by atoms with Gasteiger partial charge in [-0.25, -0.2) is 9.97 Å². The van der Waals surface area contributed by atoms with Crippen molar-refractivity contribution in [3.63, 3.8) is 0 Å². The van der Waals surface area contributed by atoms with Crippen molar-refractivity contribution >= 4 is 45.6 Å². The molecule has 6 rings (SSSR count). The minimum absolute atomic E-state index is 0.0138. The lowest BCUT2D eigenvalue weighted by molar-refractivity contribution is -0.384. The number of benzene rings is 3. The molecule has 1 aliphatic heterocycles. The number of carbonyl (C=O) groups is 1. The summed E-state index contributed by atoms with van der Waals surface area (Å²) in [6, 6.07) is 18.9. The van der Waals surface area contributed by atoms with Crippen molar-refractivity contribution in [1.82, 2.24) is 19.6 Å². The Morgan fingerprint density at radius 3 is 2.68 bits per heavy atom. The summed E-state index contributed by atoms with van der Waals surface area (Å²) in [6.45, 7) is 2.09. The Morgan fingerprint density at radius 2 is 1.89 bits per heavy atom. The first-order chi connectivity index (χ1) is 18.5. The molecule has 12 heteroatoms. The van der Waals surface area contributed by atoms with E-state index in [4.69, 9.17) is 19.4 Å². The Bertz CT molecular complexity index is 1700. The van der Waals surface area contributed by atoms with Gasteiger partial charge in [-0.15, -0.1) is 5.10 Å². The van der Waals surface area contributed by atoms with Gasteiger partial charge in [-0.3, -0.25) is 14.9 Å². The van der Waals surface area contributed by atoms with E-state index in [1.807, 2.05) is 31.2 Å². The zero-order valence-corrected chi connectivity index (χ0v) is 20.8. The second kappa shape index (κ2) is 9.63. The Morgan fingerprint density at radius 1 is 1.11 bits per heavy atom. The number of hydrogen-bond donors (Lipinski definition) is 1. The summed E-state index contributed by atoms with van der Waals surface area (Å²) in [4.78, 5) is 33.3. The van der Waals surface area contributed by atoms with E-state index in [2.05, 4.69) is 10.4 Å². The number of nitro groups is 1. The van der Waals surface area contributed by atoms with Crippen molar-refractivity contribution in [2.75, 3.05) is 12.1 Å². The number of thioether (sulfide) groups is 1. The van der Waals surface area contributed by atoms with E-state index in [0.29, 0.717) is 45.8 Å². The van der Waals surface area contributed by atoms with Crippen LogP contribution in [0.4, 0.5) is 11.4 Å². The lowest BCUT2D eigenvalue weighted by atomic mass is 10.2. The molecule has 1 unspecified atom stereocenters. The molecule has 0 spiro atoms. The molecule has 0 fully saturated rings. The van der Waals surface area contributed by atoms with E-state index in [9.17, 15) is 14.9 Å². The molecule has 38 heavy (non-hydrogen) atoms. The number of amides is 1. The highest BCUT2D eigenvalue weighted by atomic mass is 32.2. The summed E-state index contributed by atoms with van der Waals surface area (Å²) < 4.78 is 12.4. The topological polar surface area (TPSA) is 134 Å². The van der Waals surface area contributed by atoms with Gasteiger partial charge in [0.2, 0.25) is 12.7 Å². The SMILES string of the molecule is CCC(Sc1nc2ccccc2c2nc(-c3ccc([N+](=O)[O-])cc3)nn12)C(=O)Nc1ccc2c(c1)OCO2. The van der Waals surface area contributed by atoms with Crippen LogP contribution in [0, 0.1) is 10.1 Å². The Hall–Kier alpha value is -4.71. The normalized spacial score (nSPS) is 13.1. The molecule has 0 saturated carbocycles. The third-order valence-electron chi connectivity index (χ3n) is 6.04. The molecule has 1 aliphatic rings. The number of hydrogen-bond acceptors (Lipinski definition) is 9. The second-order valence-electron chi connectivity index (χ2n) is 8.46. The van der Waals surface area contributed by atoms with Gasteiger partial charge in [-0.05, 0) is 42.8 Å². The van der Waals surface area contributed by atoms with E-state index >= 15 is 0 Å². The first-order valence-corrected chi connectivity index (χ1v) is 12.7. The first-order valence-electron chi connectivity index (χ1n) is 11.8. The molecule has 1 amide bonds. The molecule has 11 nitrogen and oxygen atoms in total. The maximum atomic E-state index is 13.2. The van der Waals surface area contributed by atoms with E-state index in [1.54, 1.807) is 34.8 Å². The fraction of sp³-hybridized carbons (Fsp3) is 0.154. The molecule has 0 bridgehead atoms. The molecule has 1 N–H and O–H groups in total. The molecule has 5 aromatic rings. The third kappa shape index (κ3) is 4.34. The number of nitrogens with one attached hydrogen (secondary N) is 1. The van der Waals surface area contributed by atoms with Crippen LogP contribution >= 0.6 is 11.8 Å². The quantitative estimate of drug-likeness (QED) is 0.133. The molecule has 190 valence electrons. The van der Waals surface area contributed by atoms with Crippen molar-refractivity contribution in [3.8, 4) is 22.9 Å². The molecule has 0 radical (unpaired) electrons. The fourth-order valence-electron chi connectivity index (χ4n) is 4.11. The smallest absolute Gasteiger partial charge is 0.269 e. The van der Waals surface area contributed by atoms with Crippen LogP contribution in [0.5, 0.6) is 11.5 Å². The summed E-state index contributed by atoms with van der Waals surface area (Å²) in [7, 11) is 0. The van der Waals surface area contributed by atoms with Crippen molar-refractivity contribution in [1.29, 1.82) is 0 Å². The molecule has 0 saturated heterocycles. The zero-order valence-electron chi connectivity index (χ0n) is 20.0. The maximum Gasteiger partial charge on any atom is 0.269 e. The predicted octanol–water partition coefficient (Wildman–Crippen LogP) is 5.09. The van der Waals surface area contributed by atoms with Gasteiger partial charge in [0.15, 0.2) is 28.1 Å². The number of carbonyl (C=O) groups excluding carboxylic acids is 1. The lowest BCUT2D eigenvalue weighted by Gasteiger charge is -2.15. The second-order valence-corrected chi connectivity index (χ2v) is 9.63.